The predicted octanol–water partition coefficient (Wildman–Crippen LogP) is 2.78. The van der Waals surface area contributed by atoms with Gasteiger partial charge in [-0.1, -0.05) is 17.7 Å². The highest BCUT2D eigenvalue weighted by molar-refractivity contribution is 5.53. The Labute approximate surface area is 138 Å². The number of anilines is 2. The molecule has 23 heavy (non-hydrogen) atoms. The van der Waals surface area contributed by atoms with Crippen molar-refractivity contribution in [2.45, 2.75) is 6.92 Å². The van der Waals surface area contributed by atoms with Crippen LogP contribution in [0.15, 0.2) is 48.5 Å². The van der Waals surface area contributed by atoms with Gasteiger partial charge in [0.1, 0.15) is 12.4 Å². The van der Waals surface area contributed by atoms with E-state index < -0.39 is 0 Å². The van der Waals surface area contributed by atoms with Crippen LogP contribution in [0.5, 0.6) is 5.75 Å². The highest BCUT2D eigenvalue weighted by Crippen LogP contribution is 2.18. The average Bonchev–Trinajstić information content (AvgIpc) is 2.58. The molecule has 0 atom stereocenters. The van der Waals surface area contributed by atoms with E-state index in [0.717, 1.165) is 50.8 Å². The van der Waals surface area contributed by atoms with Crippen molar-refractivity contribution >= 4 is 11.4 Å². The first-order valence-corrected chi connectivity index (χ1v) is 8.23. The van der Waals surface area contributed by atoms with Gasteiger partial charge in [0.25, 0.3) is 0 Å². The molecule has 1 aliphatic heterocycles. The zero-order valence-corrected chi connectivity index (χ0v) is 13.7. The third-order valence-electron chi connectivity index (χ3n) is 4.33. The van der Waals surface area contributed by atoms with Crippen LogP contribution in [0.3, 0.4) is 0 Å². The Morgan fingerprint density at radius 1 is 0.913 bits per heavy atom. The Morgan fingerprint density at radius 2 is 1.57 bits per heavy atom. The monoisotopic (exact) mass is 311 g/mol. The van der Waals surface area contributed by atoms with Gasteiger partial charge in [-0.05, 0) is 43.3 Å². The van der Waals surface area contributed by atoms with Crippen LogP contribution in [0, 0.1) is 6.92 Å². The number of nitrogens with zero attached hydrogens (tertiary/aromatic N) is 2. The summed E-state index contributed by atoms with van der Waals surface area (Å²) >= 11 is 0. The van der Waals surface area contributed by atoms with Crippen molar-refractivity contribution in [1.82, 2.24) is 4.90 Å². The number of benzene rings is 2. The Morgan fingerprint density at radius 3 is 2.22 bits per heavy atom. The molecule has 1 fully saturated rings. The first-order valence-electron chi connectivity index (χ1n) is 8.23. The molecule has 2 aromatic rings. The molecule has 0 aliphatic carbocycles. The van der Waals surface area contributed by atoms with E-state index in [0.29, 0.717) is 0 Å². The zero-order valence-electron chi connectivity index (χ0n) is 13.7. The van der Waals surface area contributed by atoms with E-state index in [4.69, 9.17) is 10.5 Å². The normalized spacial score (nSPS) is 15.6. The first-order chi connectivity index (χ1) is 11.2. The molecule has 3 rings (SSSR count). The van der Waals surface area contributed by atoms with Gasteiger partial charge in [-0.15, -0.1) is 0 Å². The quantitative estimate of drug-likeness (QED) is 0.862. The van der Waals surface area contributed by atoms with Crippen molar-refractivity contribution in [3.05, 3.63) is 54.1 Å². The SMILES string of the molecule is Cc1ccc(OCCN2CCN(c3ccc(N)cc3)CC2)cc1. The van der Waals surface area contributed by atoms with Crippen LogP contribution in [-0.4, -0.2) is 44.2 Å². The number of nitrogens with two attached hydrogens (primary N) is 1. The Balaban J connectivity index is 1.40. The Bertz CT molecular complexity index is 599. The van der Waals surface area contributed by atoms with Gasteiger partial charge in [0, 0.05) is 44.1 Å². The lowest BCUT2D eigenvalue weighted by atomic mass is 10.2. The molecule has 122 valence electrons. The van der Waals surface area contributed by atoms with E-state index in [-0.39, 0.29) is 0 Å². The lowest BCUT2D eigenvalue weighted by Gasteiger charge is -2.36. The second-order valence-corrected chi connectivity index (χ2v) is 6.08. The fourth-order valence-corrected chi connectivity index (χ4v) is 2.84. The van der Waals surface area contributed by atoms with Crippen molar-refractivity contribution in [2.75, 3.05) is 50.0 Å². The molecule has 0 radical (unpaired) electrons. The fraction of sp³-hybridized carbons (Fsp3) is 0.368. The molecule has 1 saturated heterocycles. The van der Waals surface area contributed by atoms with E-state index in [1.165, 1.54) is 11.3 Å². The molecule has 0 amide bonds. The number of nitrogen functional groups attached to an aromatic ring is 1. The molecule has 1 aliphatic rings. The first kappa shape index (κ1) is 15.7. The molecule has 2 N–H and O–H groups in total. The Hall–Kier alpha value is -2.20. The van der Waals surface area contributed by atoms with Crippen LogP contribution in [0.25, 0.3) is 0 Å². The van der Waals surface area contributed by atoms with Crippen molar-refractivity contribution < 1.29 is 4.74 Å². The van der Waals surface area contributed by atoms with E-state index >= 15 is 0 Å². The Kier molecular flexibility index (Phi) is 5.03. The molecular weight excluding hydrogens is 286 g/mol. The third-order valence-corrected chi connectivity index (χ3v) is 4.33. The summed E-state index contributed by atoms with van der Waals surface area (Å²) in [6, 6.07) is 16.4. The fourth-order valence-electron chi connectivity index (χ4n) is 2.84. The van der Waals surface area contributed by atoms with Gasteiger partial charge in [-0.2, -0.15) is 0 Å². The summed E-state index contributed by atoms with van der Waals surface area (Å²) in [7, 11) is 0. The number of piperazine rings is 1. The van der Waals surface area contributed by atoms with Gasteiger partial charge in [-0.25, -0.2) is 0 Å². The molecule has 1 heterocycles. The van der Waals surface area contributed by atoms with Gasteiger partial charge >= 0.3 is 0 Å². The van der Waals surface area contributed by atoms with E-state index in [9.17, 15) is 0 Å². The lowest BCUT2D eigenvalue weighted by Crippen LogP contribution is -2.47. The number of rotatable bonds is 5. The van der Waals surface area contributed by atoms with E-state index in [2.05, 4.69) is 41.0 Å². The average molecular weight is 311 g/mol. The summed E-state index contributed by atoms with van der Waals surface area (Å²) in [5.41, 5.74) is 9.09. The van der Waals surface area contributed by atoms with Gasteiger partial charge in [-0.3, -0.25) is 4.90 Å². The standard InChI is InChI=1S/C19H25N3O/c1-16-2-8-19(9-3-16)23-15-14-21-10-12-22(13-11-21)18-6-4-17(20)5-7-18/h2-9H,10-15,20H2,1H3. The van der Waals surface area contributed by atoms with Gasteiger partial charge in [0.05, 0.1) is 0 Å². The molecule has 0 unspecified atom stereocenters. The maximum atomic E-state index is 5.82. The minimum Gasteiger partial charge on any atom is -0.492 e. The van der Waals surface area contributed by atoms with Crippen LogP contribution >= 0.6 is 0 Å². The highest BCUT2D eigenvalue weighted by Gasteiger charge is 2.16. The summed E-state index contributed by atoms with van der Waals surface area (Å²) in [5, 5.41) is 0. The largest absolute Gasteiger partial charge is 0.492 e. The van der Waals surface area contributed by atoms with Gasteiger partial charge in [0.15, 0.2) is 0 Å². The zero-order chi connectivity index (χ0) is 16.1. The summed E-state index contributed by atoms with van der Waals surface area (Å²) < 4.78 is 5.82. The maximum Gasteiger partial charge on any atom is 0.119 e. The van der Waals surface area contributed by atoms with Crippen LogP contribution in [-0.2, 0) is 0 Å². The summed E-state index contributed by atoms with van der Waals surface area (Å²) in [5.74, 6) is 0.955. The van der Waals surface area contributed by atoms with E-state index in [1.807, 2.05) is 24.3 Å². The number of aryl methyl sites for hydroxylation is 1. The van der Waals surface area contributed by atoms with Crippen LogP contribution in [0.1, 0.15) is 5.56 Å². The van der Waals surface area contributed by atoms with Gasteiger partial charge in [0.2, 0.25) is 0 Å². The van der Waals surface area contributed by atoms with Crippen molar-refractivity contribution in [3.8, 4) is 5.75 Å². The number of hydrogen-bond donors (Lipinski definition) is 1. The number of hydrogen-bond acceptors (Lipinski definition) is 4. The van der Waals surface area contributed by atoms with Crippen molar-refractivity contribution in [1.29, 1.82) is 0 Å². The van der Waals surface area contributed by atoms with Gasteiger partial charge < -0.3 is 15.4 Å². The van der Waals surface area contributed by atoms with Crippen LogP contribution in [0.2, 0.25) is 0 Å². The molecule has 0 bridgehead atoms. The second kappa shape index (κ2) is 7.38. The topological polar surface area (TPSA) is 41.7 Å². The maximum absolute atomic E-state index is 5.82. The predicted molar refractivity (Wildman–Crippen MR) is 96.2 cm³/mol. The molecule has 4 heteroatoms. The summed E-state index contributed by atoms with van der Waals surface area (Å²) in [6.45, 7) is 8.05. The van der Waals surface area contributed by atoms with Crippen LogP contribution in [0.4, 0.5) is 11.4 Å². The lowest BCUT2D eigenvalue weighted by molar-refractivity contribution is 0.200. The highest BCUT2D eigenvalue weighted by atomic mass is 16.5. The second-order valence-electron chi connectivity index (χ2n) is 6.08. The molecule has 0 aromatic heterocycles. The van der Waals surface area contributed by atoms with Crippen LogP contribution < -0.4 is 15.4 Å². The van der Waals surface area contributed by atoms with E-state index in [1.54, 1.807) is 0 Å². The minimum absolute atomic E-state index is 0.741. The summed E-state index contributed by atoms with van der Waals surface area (Å²) in [4.78, 5) is 4.87. The van der Waals surface area contributed by atoms with Crippen molar-refractivity contribution in [3.63, 3.8) is 0 Å². The molecule has 0 spiro atoms. The molecule has 0 saturated carbocycles. The number of ether oxygens (including phenoxy) is 1. The molecular formula is C19H25N3O. The third kappa shape index (κ3) is 4.39. The molecule has 4 nitrogen and oxygen atoms in total. The minimum atomic E-state index is 0.741. The summed E-state index contributed by atoms with van der Waals surface area (Å²) in [6.07, 6.45) is 0. The van der Waals surface area contributed by atoms with Crippen molar-refractivity contribution in [2.24, 2.45) is 0 Å². The molecule has 2 aromatic carbocycles. The smallest absolute Gasteiger partial charge is 0.119 e.